The van der Waals surface area contributed by atoms with Gasteiger partial charge in [-0.1, -0.05) is 23.7 Å². The molecule has 0 saturated heterocycles. The number of carbonyl (C=O) groups excluding carboxylic acids is 1. The van der Waals surface area contributed by atoms with Gasteiger partial charge in [0.25, 0.3) is 0 Å². The number of rotatable bonds is 7. The van der Waals surface area contributed by atoms with E-state index in [9.17, 15) is 9.59 Å². The van der Waals surface area contributed by atoms with Crippen LogP contribution in [-0.4, -0.2) is 36.2 Å². The van der Waals surface area contributed by atoms with Gasteiger partial charge < -0.3 is 15.2 Å². The first kappa shape index (κ1) is 16.5. The third-order valence-electron chi connectivity index (χ3n) is 2.72. The van der Waals surface area contributed by atoms with Gasteiger partial charge in [0.2, 0.25) is 5.91 Å². The minimum atomic E-state index is -0.989. The number of methoxy groups -OCH3 is 1. The summed E-state index contributed by atoms with van der Waals surface area (Å²) in [5.74, 6) is -1.25. The second-order valence-electron chi connectivity index (χ2n) is 4.92. The van der Waals surface area contributed by atoms with Crippen LogP contribution in [0, 0.1) is 0 Å². The molecule has 0 aromatic heterocycles. The molecule has 0 aliphatic carbocycles. The Bertz CT molecular complexity index is 475. The van der Waals surface area contributed by atoms with E-state index in [2.05, 4.69) is 5.32 Å². The second-order valence-corrected chi connectivity index (χ2v) is 5.35. The summed E-state index contributed by atoms with van der Waals surface area (Å²) < 4.78 is 4.98. The summed E-state index contributed by atoms with van der Waals surface area (Å²) in [5, 5.41) is 12.2. The maximum atomic E-state index is 12.0. The molecule has 0 aliphatic rings. The zero-order valence-corrected chi connectivity index (χ0v) is 12.2. The first-order valence-corrected chi connectivity index (χ1v) is 6.48. The lowest BCUT2D eigenvalue weighted by Crippen LogP contribution is -2.51. The Balaban J connectivity index is 2.66. The monoisotopic (exact) mass is 299 g/mol. The van der Waals surface area contributed by atoms with Crippen LogP contribution in [0.3, 0.4) is 0 Å². The Morgan fingerprint density at radius 3 is 2.45 bits per heavy atom. The number of hydrogen-bond acceptors (Lipinski definition) is 3. The van der Waals surface area contributed by atoms with Crippen molar-refractivity contribution in [3.05, 3.63) is 34.9 Å². The lowest BCUT2D eigenvalue weighted by molar-refractivity contribution is -0.139. The number of hydrogen-bond donors (Lipinski definition) is 2. The molecule has 20 heavy (non-hydrogen) atoms. The van der Waals surface area contributed by atoms with Crippen LogP contribution < -0.4 is 5.32 Å². The summed E-state index contributed by atoms with van der Waals surface area (Å²) in [6.45, 7) is 1.77. The Morgan fingerprint density at radius 2 is 1.95 bits per heavy atom. The largest absolute Gasteiger partial charge is 0.481 e. The molecule has 0 bridgehead atoms. The van der Waals surface area contributed by atoms with E-state index >= 15 is 0 Å². The summed E-state index contributed by atoms with van der Waals surface area (Å²) in [5.41, 5.74) is -0.119. The standard InChI is InChI=1S/C14H18ClNO4/c1-14(9-20-2,8-13(18)19)16-12(17)7-10-3-5-11(15)6-4-10/h3-6H,7-9H2,1-2H3,(H,16,17)(H,18,19). The van der Waals surface area contributed by atoms with Crippen molar-refractivity contribution < 1.29 is 19.4 Å². The molecule has 0 fully saturated rings. The normalized spacial score (nSPS) is 13.6. The maximum Gasteiger partial charge on any atom is 0.305 e. The van der Waals surface area contributed by atoms with Crippen molar-refractivity contribution in [1.29, 1.82) is 0 Å². The number of benzene rings is 1. The summed E-state index contributed by atoms with van der Waals surface area (Å²) in [4.78, 5) is 22.8. The van der Waals surface area contributed by atoms with E-state index in [4.69, 9.17) is 21.4 Å². The molecular weight excluding hydrogens is 282 g/mol. The minimum absolute atomic E-state index is 0.131. The van der Waals surface area contributed by atoms with Crippen LogP contribution in [0.15, 0.2) is 24.3 Å². The van der Waals surface area contributed by atoms with E-state index in [1.807, 2.05) is 0 Å². The van der Waals surface area contributed by atoms with Crippen molar-refractivity contribution >= 4 is 23.5 Å². The maximum absolute atomic E-state index is 12.0. The average Bonchev–Trinajstić information content (AvgIpc) is 2.30. The number of aliphatic carboxylic acids is 1. The minimum Gasteiger partial charge on any atom is -0.481 e. The molecule has 2 N–H and O–H groups in total. The van der Waals surface area contributed by atoms with Crippen molar-refractivity contribution in [1.82, 2.24) is 5.32 Å². The highest BCUT2D eigenvalue weighted by Crippen LogP contribution is 2.13. The van der Waals surface area contributed by atoms with Crippen molar-refractivity contribution in [2.45, 2.75) is 25.3 Å². The first-order chi connectivity index (χ1) is 9.34. The average molecular weight is 300 g/mol. The van der Waals surface area contributed by atoms with Crippen LogP contribution in [-0.2, 0) is 20.7 Å². The van der Waals surface area contributed by atoms with Crippen LogP contribution >= 0.6 is 11.6 Å². The molecule has 6 heteroatoms. The zero-order valence-electron chi connectivity index (χ0n) is 11.5. The van der Waals surface area contributed by atoms with Crippen LogP contribution in [0.25, 0.3) is 0 Å². The van der Waals surface area contributed by atoms with Gasteiger partial charge in [0.15, 0.2) is 0 Å². The predicted octanol–water partition coefficient (Wildman–Crippen LogP) is 1.88. The molecule has 1 amide bonds. The Labute approximate surface area is 122 Å². The fraction of sp³-hybridized carbons (Fsp3) is 0.429. The third-order valence-corrected chi connectivity index (χ3v) is 2.98. The number of amides is 1. The Kier molecular flexibility index (Phi) is 5.98. The van der Waals surface area contributed by atoms with Crippen molar-refractivity contribution in [3.63, 3.8) is 0 Å². The Morgan fingerprint density at radius 1 is 1.35 bits per heavy atom. The summed E-state index contributed by atoms with van der Waals surface area (Å²) in [6.07, 6.45) is -0.0384. The highest BCUT2D eigenvalue weighted by Gasteiger charge is 2.29. The van der Waals surface area contributed by atoms with E-state index in [0.717, 1.165) is 5.56 Å². The van der Waals surface area contributed by atoms with E-state index in [0.29, 0.717) is 5.02 Å². The number of ether oxygens (including phenoxy) is 1. The lowest BCUT2D eigenvalue weighted by Gasteiger charge is -2.28. The van der Waals surface area contributed by atoms with Gasteiger partial charge >= 0.3 is 5.97 Å². The Hall–Kier alpha value is -1.59. The third kappa shape index (κ3) is 5.59. The van der Waals surface area contributed by atoms with Crippen molar-refractivity contribution in [2.75, 3.05) is 13.7 Å². The van der Waals surface area contributed by atoms with Gasteiger partial charge in [0.1, 0.15) is 0 Å². The number of nitrogens with one attached hydrogen (secondary N) is 1. The van der Waals surface area contributed by atoms with Gasteiger partial charge in [-0.25, -0.2) is 0 Å². The first-order valence-electron chi connectivity index (χ1n) is 6.11. The van der Waals surface area contributed by atoms with Gasteiger partial charge in [-0.2, -0.15) is 0 Å². The fourth-order valence-corrected chi connectivity index (χ4v) is 2.08. The summed E-state index contributed by atoms with van der Waals surface area (Å²) >= 11 is 5.77. The summed E-state index contributed by atoms with van der Waals surface area (Å²) in [7, 11) is 1.46. The number of carbonyl (C=O) groups is 2. The van der Waals surface area contributed by atoms with Crippen LogP contribution in [0.2, 0.25) is 5.02 Å². The molecule has 5 nitrogen and oxygen atoms in total. The topological polar surface area (TPSA) is 75.6 Å². The smallest absolute Gasteiger partial charge is 0.305 e. The van der Waals surface area contributed by atoms with E-state index < -0.39 is 11.5 Å². The van der Waals surface area contributed by atoms with Gasteiger partial charge in [0, 0.05) is 12.1 Å². The van der Waals surface area contributed by atoms with Gasteiger partial charge in [-0.15, -0.1) is 0 Å². The lowest BCUT2D eigenvalue weighted by atomic mass is 9.98. The molecule has 1 rings (SSSR count). The molecule has 110 valence electrons. The van der Waals surface area contributed by atoms with Crippen LogP contribution in [0.1, 0.15) is 18.9 Å². The van der Waals surface area contributed by atoms with Crippen LogP contribution in [0.5, 0.6) is 0 Å². The second kappa shape index (κ2) is 7.26. The van der Waals surface area contributed by atoms with Gasteiger partial charge in [-0.05, 0) is 24.6 Å². The predicted molar refractivity (Wildman–Crippen MR) is 75.8 cm³/mol. The zero-order chi connectivity index (χ0) is 15.2. The number of carboxylic acids is 1. The van der Waals surface area contributed by atoms with E-state index in [1.54, 1.807) is 31.2 Å². The van der Waals surface area contributed by atoms with Crippen molar-refractivity contribution in [2.24, 2.45) is 0 Å². The molecule has 0 heterocycles. The highest BCUT2D eigenvalue weighted by atomic mass is 35.5. The van der Waals surface area contributed by atoms with Crippen molar-refractivity contribution in [3.8, 4) is 0 Å². The SMILES string of the molecule is COCC(C)(CC(=O)O)NC(=O)Cc1ccc(Cl)cc1. The summed E-state index contributed by atoms with van der Waals surface area (Å²) in [6, 6.07) is 6.92. The fourth-order valence-electron chi connectivity index (χ4n) is 1.95. The molecule has 0 radical (unpaired) electrons. The molecule has 1 unspecified atom stereocenters. The molecule has 0 spiro atoms. The van der Waals surface area contributed by atoms with Gasteiger partial charge in [-0.3, -0.25) is 9.59 Å². The highest BCUT2D eigenvalue weighted by molar-refractivity contribution is 6.30. The number of carboxylic acid groups (broad SMARTS) is 1. The number of halogens is 1. The molecular formula is C14H18ClNO4. The molecule has 1 atom stereocenters. The molecule has 1 aromatic rings. The molecule has 0 aliphatic heterocycles. The molecule has 1 aromatic carbocycles. The quantitative estimate of drug-likeness (QED) is 0.806. The van der Waals surface area contributed by atoms with Crippen LogP contribution in [0.4, 0.5) is 0 Å². The van der Waals surface area contributed by atoms with E-state index in [1.165, 1.54) is 7.11 Å². The van der Waals surface area contributed by atoms with E-state index in [-0.39, 0.29) is 25.4 Å². The molecule has 0 saturated carbocycles. The van der Waals surface area contributed by atoms with Gasteiger partial charge in [0.05, 0.1) is 25.0 Å².